The van der Waals surface area contributed by atoms with Gasteiger partial charge < -0.3 is 19.4 Å². The van der Waals surface area contributed by atoms with Gasteiger partial charge in [-0.05, 0) is 44.9 Å². The maximum atomic E-state index is 12.6. The summed E-state index contributed by atoms with van der Waals surface area (Å²) in [5, 5.41) is 7.20. The van der Waals surface area contributed by atoms with Crippen molar-refractivity contribution in [1.82, 2.24) is 5.16 Å². The summed E-state index contributed by atoms with van der Waals surface area (Å²) in [7, 11) is 0. The second-order valence-electron chi connectivity index (χ2n) is 6.63. The normalized spacial score (nSPS) is 10.9. The van der Waals surface area contributed by atoms with Gasteiger partial charge in [-0.25, -0.2) is 4.79 Å². The van der Waals surface area contributed by atoms with Gasteiger partial charge in [0.15, 0.2) is 5.58 Å². The van der Waals surface area contributed by atoms with Crippen LogP contribution in [0, 0.1) is 20.8 Å². The predicted molar refractivity (Wildman–Crippen MR) is 104 cm³/mol. The Morgan fingerprint density at radius 3 is 2.55 bits per heavy atom. The van der Waals surface area contributed by atoms with Crippen LogP contribution in [0.4, 0.5) is 5.88 Å². The Balaban J connectivity index is 1.89. The Morgan fingerprint density at radius 1 is 1.17 bits per heavy atom. The van der Waals surface area contributed by atoms with Crippen molar-refractivity contribution >= 4 is 34.6 Å². The lowest BCUT2D eigenvalue weighted by Gasteiger charge is -2.04. The number of benzene rings is 1. The maximum absolute atomic E-state index is 12.6. The fraction of sp³-hybridized carbons (Fsp3) is 0.300. The summed E-state index contributed by atoms with van der Waals surface area (Å²) < 4.78 is 15.7. The Kier molecular flexibility index (Phi) is 5.40. The van der Waals surface area contributed by atoms with E-state index in [1.54, 1.807) is 6.92 Å². The average Bonchev–Trinajstić information content (AvgIpc) is 3.16. The quantitative estimate of drug-likeness (QED) is 0.608. The first kappa shape index (κ1) is 20.1. The van der Waals surface area contributed by atoms with Crippen LogP contribution in [0.3, 0.4) is 0 Å². The molecule has 152 valence electrons. The molecule has 1 aromatic carbocycles. The highest BCUT2D eigenvalue weighted by Crippen LogP contribution is 2.28. The van der Waals surface area contributed by atoms with Gasteiger partial charge in [0.25, 0.3) is 5.91 Å². The molecule has 0 aliphatic heterocycles. The third kappa shape index (κ3) is 3.84. The van der Waals surface area contributed by atoms with Gasteiger partial charge in [0.05, 0.1) is 13.0 Å². The van der Waals surface area contributed by atoms with Gasteiger partial charge in [-0.1, -0.05) is 11.2 Å². The van der Waals surface area contributed by atoms with Crippen molar-refractivity contribution in [2.45, 2.75) is 34.1 Å². The van der Waals surface area contributed by atoms with E-state index in [0.29, 0.717) is 11.3 Å². The molecule has 3 N–H and O–H groups in total. The summed E-state index contributed by atoms with van der Waals surface area (Å²) in [4.78, 5) is 36.6. The second-order valence-corrected chi connectivity index (χ2v) is 6.63. The highest BCUT2D eigenvalue weighted by molar-refractivity contribution is 6.10. The van der Waals surface area contributed by atoms with Crippen molar-refractivity contribution in [3.8, 4) is 0 Å². The molecule has 0 fully saturated rings. The van der Waals surface area contributed by atoms with E-state index in [9.17, 15) is 14.4 Å². The number of carbonyl (C=O) groups excluding carboxylic acids is 3. The highest BCUT2D eigenvalue weighted by Gasteiger charge is 2.29. The summed E-state index contributed by atoms with van der Waals surface area (Å²) in [6.45, 7) is 7.05. The monoisotopic (exact) mass is 399 g/mol. The number of nitrogens with one attached hydrogen (secondary N) is 1. The van der Waals surface area contributed by atoms with Crippen LogP contribution in [0.1, 0.15) is 50.2 Å². The minimum absolute atomic E-state index is 0.104. The number of rotatable bonds is 6. The number of anilines is 1. The third-order valence-corrected chi connectivity index (χ3v) is 4.37. The van der Waals surface area contributed by atoms with E-state index in [1.807, 2.05) is 26.0 Å². The first-order valence-corrected chi connectivity index (χ1v) is 8.98. The number of esters is 1. The van der Waals surface area contributed by atoms with Crippen molar-refractivity contribution in [1.29, 1.82) is 0 Å². The van der Waals surface area contributed by atoms with Gasteiger partial charge in [-0.2, -0.15) is 0 Å². The van der Waals surface area contributed by atoms with Gasteiger partial charge in [-0.15, -0.1) is 0 Å². The summed E-state index contributed by atoms with van der Waals surface area (Å²) in [5.74, 6) is -2.27. The molecule has 0 spiro atoms. The van der Waals surface area contributed by atoms with Crippen molar-refractivity contribution in [3.05, 3.63) is 45.8 Å². The number of aromatic nitrogens is 1. The fourth-order valence-corrected chi connectivity index (χ4v) is 3.21. The molecule has 0 aliphatic rings. The van der Waals surface area contributed by atoms with E-state index >= 15 is 0 Å². The van der Waals surface area contributed by atoms with E-state index in [2.05, 4.69) is 10.5 Å². The average molecular weight is 399 g/mol. The molecule has 9 nitrogen and oxygen atoms in total. The Hall–Kier alpha value is -3.62. The summed E-state index contributed by atoms with van der Waals surface area (Å²) in [6, 6.07) is 3.84. The van der Waals surface area contributed by atoms with Crippen LogP contribution in [-0.2, 0) is 16.0 Å². The van der Waals surface area contributed by atoms with Gasteiger partial charge in [0.1, 0.15) is 22.6 Å². The van der Waals surface area contributed by atoms with Crippen molar-refractivity contribution in [3.63, 3.8) is 0 Å². The van der Waals surface area contributed by atoms with E-state index in [1.165, 1.54) is 6.92 Å². The fourth-order valence-electron chi connectivity index (χ4n) is 3.21. The third-order valence-electron chi connectivity index (χ3n) is 4.37. The molecule has 2 amide bonds. The molecular formula is C20H21N3O6. The van der Waals surface area contributed by atoms with E-state index < -0.39 is 17.8 Å². The molecule has 0 unspecified atom stereocenters. The minimum Gasteiger partial charge on any atom is -0.462 e. The molecule has 0 saturated heterocycles. The molecule has 0 atom stereocenters. The van der Waals surface area contributed by atoms with Gasteiger partial charge in [-0.3, -0.25) is 14.9 Å². The number of nitrogens with two attached hydrogens (primary N) is 1. The lowest BCUT2D eigenvalue weighted by Crippen LogP contribution is -2.21. The molecule has 0 saturated carbocycles. The molecule has 2 aromatic heterocycles. The van der Waals surface area contributed by atoms with Crippen molar-refractivity contribution < 1.29 is 28.1 Å². The zero-order valence-electron chi connectivity index (χ0n) is 16.5. The maximum Gasteiger partial charge on any atom is 0.342 e. The molecule has 0 radical (unpaired) electrons. The summed E-state index contributed by atoms with van der Waals surface area (Å²) >= 11 is 0. The number of aryl methyl sites for hydroxylation is 3. The molecule has 3 aromatic rings. The van der Waals surface area contributed by atoms with Gasteiger partial charge in [0.2, 0.25) is 11.8 Å². The molecule has 0 aliphatic carbocycles. The molecule has 3 rings (SSSR count). The second kappa shape index (κ2) is 7.78. The number of furan rings is 1. The topological polar surface area (TPSA) is 138 Å². The van der Waals surface area contributed by atoms with Crippen LogP contribution in [0.2, 0.25) is 0 Å². The predicted octanol–water partition coefficient (Wildman–Crippen LogP) is 2.80. The minimum atomic E-state index is -0.918. The SMILES string of the molecule is CCOC(=O)c1c(C)oc(NC(=O)Cc2noc3c(C)cc(C)cc23)c1C(N)=O. The number of ether oxygens (including phenoxy) is 1. The number of nitrogens with zero attached hydrogens (tertiary/aromatic N) is 1. The number of hydrogen-bond donors (Lipinski definition) is 2. The van der Waals surface area contributed by atoms with Crippen LogP contribution in [0.25, 0.3) is 11.0 Å². The van der Waals surface area contributed by atoms with Crippen LogP contribution in [-0.4, -0.2) is 29.5 Å². The molecule has 9 heteroatoms. The van der Waals surface area contributed by atoms with Crippen LogP contribution in [0.15, 0.2) is 21.1 Å². The number of hydrogen-bond acceptors (Lipinski definition) is 7. The van der Waals surface area contributed by atoms with Crippen LogP contribution < -0.4 is 11.1 Å². The number of fused-ring (bicyclic) bond motifs is 1. The first-order chi connectivity index (χ1) is 13.7. The number of primary amides is 1. The molecular weight excluding hydrogens is 378 g/mol. The largest absolute Gasteiger partial charge is 0.462 e. The van der Waals surface area contributed by atoms with Crippen molar-refractivity contribution in [2.75, 3.05) is 11.9 Å². The zero-order valence-corrected chi connectivity index (χ0v) is 16.5. The smallest absolute Gasteiger partial charge is 0.342 e. The molecule has 0 bridgehead atoms. The summed E-state index contributed by atoms with van der Waals surface area (Å²) in [5.41, 5.74) is 8.04. The Bertz CT molecular complexity index is 1130. The first-order valence-electron chi connectivity index (χ1n) is 8.98. The van der Waals surface area contributed by atoms with Crippen LogP contribution in [0.5, 0.6) is 0 Å². The number of carbonyl (C=O) groups is 3. The van der Waals surface area contributed by atoms with Crippen LogP contribution >= 0.6 is 0 Å². The highest BCUT2D eigenvalue weighted by atomic mass is 16.5. The molecule has 2 heterocycles. The van der Waals surface area contributed by atoms with Crippen molar-refractivity contribution in [2.24, 2.45) is 5.73 Å². The lowest BCUT2D eigenvalue weighted by molar-refractivity contribution is -0.115. The Morgan fingerprint density at radius 2 is 1.90 bits per heavy atom. The van der Waals surface area contributed by atoms with E-state index in [4.69, 9.17) is 19.4 Å². The zero-order chi connectivity index (χ0) is 21.3. The Labute approximate surface area is 166 Å². The van der Waals surface area contributed by atoms with Gasteiger partial charge in [0, 0.05) is 5.39 Å². The molecule has 29 heavy (non-hydrogen) atoms. The van der Waals surface area contributed by atoms with Gasteiger partial charge >= 0.3 is 5.97 Å². The van der Waals surface area contributed by atoms with E-state index in [0.717, 1.165) is 16.5 Å². The van der Waals surface area contributed by atoms with E-state index in [-0.39, 0.29) is 35.8 Å². The lowest BCUT2D eigenvalue weighted by atomic mass is 10.1. The number of amides is 2. The standard InChI is InChI=1S/C20H21N3O6/c1-5-27-20(26)15-11(4)28-19(16(15)18(21)25)22-14(24)8-13-12-7-9(2)6-10(3)17(12)29-23-13/h6-7H,5,8H2,1-4H3,(H2,21,25)(H,22,24). The summed E-state index contributed by atoms with van der Waals surface area (Å²) in [6.07, 6.45) is -0.122.